The lowest BCUT2D eigenvalue weighted by atomic mass is 9.88. The number of rotatable bonds is 10. The highest BCUT2D eigenvalue weighted by atomic mass is 28.3. The van der Waals surface area contributed by atoms with E-state index in [9.17, 15) is 0 Å². The number of anilines is 2. The normalized spacial score (nSPS) is 13.5. The first-order valence-electron chi connectivity index (χ1n) is 21.2. The summed E-state index contributed by atoms with van der Waals surface area (Å²) < 4.78 is 11.5. The van der Waals surface area contributed by atoms with E-state index in [4.69, 9.17) is 9.32 Å². The van der Waals surface area contributed by atoms with Crippen molar-refractivity contribution in [2.45, 2.75) is 52.4 Å². The molecule has 0 aliphatic heterocycles. The van der Waals surface area contributed by atoms with Crippen LogP contribution in [0.25, 0.3) is 43.1 Å². The maximum atomic E-state index is 5.76. The number of nitrogens with one attached hydrogen (secondary N) is 2. The Morgan fingerprint density at radius 3 is 0.900 bits per heavy atom. The molecule has 0 saturated carbocycles. The van der Waals surface area contributed by atoms with E-state index in [0.717, 1.165) is 22.1 Å². The van der Waals surface area contributed by atoms with Crippen LogP contribution in [0.15, 0.2) is 179 Å². The molecule has 298 valence electrons. The predicted octanol–water partition coefficient (Wildman–Crippen LogP) is 10.2. The van der Waals surface area contributed by atoms with E-state index in [0.29, 0.717) is 0 Å². The summed E-state index contributed by atoms with van der Waals surface area (Å²) in [6.45, 7) is 19.1. The van der Waals surface area contributed by atoms with Gasteiger partial charge in [-0.1, -0.05) is 146 Å². The SMILES string of the molecule is C[Si](C)(/N=c1\ccc2c3ccc(N[Si](C)(C)c4ccccc4)c4/c(=N/[Si](C)(C)c5ccccc5)ccc(c5ccc(N[Si](C)(C)c6ccccc6)c1c52)c43)c1ccccc1. The van der Waals surface area contributed by atoms with E-state index in [2.05, 4.69) is 232 Å². The summed E-state index contributed by atoms with van der Waals surface area (Å²) in [5.74, 6) is 0. The van der Waals surface area contributed by atoms with E-state index in [1.54, 1.807) is 0 Å². The lowest BCUT2D eigenvalue weighted by Gasteiger charge is -2.28. The second-order valence-electron chi connectivity index (χ2n) is 18.4. The van der Waals surface area contributed by atoms with E-state index >= 15 is 0 Å². The van der Waals surface area contributed by atoms with Gasteiger partial charge in [-0.2, -0.15) is 0 Å². The average molecular weight is 847 g/mol. The van der Waals surface area contributed by atoms with E-state index < -0.39 is 32.9 Å². The van der Waals surface area contributed by atoms with Crippen LogP contribution in [0, 0.1) is 0 Å². The molecule has 0 unspecified atom stereocenters. The molecule has 0 fully saturated rings. The van der Waals surface area contributed by atoms with Crippen LogP contribution in [0.4, 0.5) is 11.4 Å². The molecule has 0 amide bonds. The maximum Gasteiger partial charge on any atom is 0.206 e. The standard InChI is InChI=1S/C52H54N4Si4/c1-57(2,37-21-13-9-14-22-37)53-45-33-29-41-43-31-35-47(55-59(5,6)39-25-17-11-18-26-39)52-48(56-60(7,8)40-27-19-12-20-28-40)36-32-44(50(43)52)42-30-34-46(51(45)49(41)42)54-58(3,4)38-23-15-10-16-24-38/h9-36,53,56H,1-8H3/b54-46+,55-47+. The number of nitrogens with zero attached hydrogens (tertiary/aromatic N) is 2. The molecule has 9 aromatic carbocycles. The zero-order valence-corrected chi connectivity index (χ0v) is 40.1. The number of hydrogen-bond acceptors (Lipinski definition) is 4. The van der Waals surface area contributed by atoms with E-state index in [-0.39, 0.29) is 0 Å². The Bertz CT molecular complexity index is 2900. The van der Waals surface area contributed by atoms with Gasteiger partial charge in [-0.05, 0) is 119 Å². The molecular weight excluding hydrogens is 793 g/mol. The van der Waals surface area contributed by atoms with Crippen LogP contribution < -0.4 is 41.4 Å². The van der Waals surface area contributed by atoms with Gasteiger partial charge in [0.05, 0.1) is 10.7 Å². The van der Waals surface area contributed by atoms with Crippen molar-refractivity contribution in [3.8, 4) is 0 Å². The Hall–Kier alpha value is -5.65. The van der Waals surface area contributed by atoms with Gasteiger partial charge in [0.25, 0.3) is 0 Å². The Labute approximate surface area is 358 Å². The highest BCUT2D eigenvalue weighted by Gasteiger charge is 2.30. The predicted molar refractivity (Wildman–Crippen MR) is 271 cm³/mol. The molecule has 9 aromatic rings. The monoisotopic (exact) mass is 846 g/mol. The van der Waals surface area contributed by atoms with E-state index in [1.165, 1.54) is 63.8 Å². The Morgan fingerprint density at radius 1 is 0.300 bits per heavy atom. The van der Waals surface area contributed by atoms with Crippen molar-refractivity contribution in [1.29, 1.82) is 0 Å². The minimum atomic E-state index is -2.25. The first-order valence-corrected chi connectivity index (χ1v) is 33.1. The third-order valence-corrected chi connectivity index (χ3v) is 22.9. The third-order valence-electron chi connectivity index (χ3n) is 12.5. The minimum absolute atomic E-state index is 1.06. The number of fused-ring (bicyclic) bond motifs is 2. The van der Waals surface area contributed by atoms with Crippen LogP contribution in [0.3, 0.4) is 0 Å². The van der Waals surface area contributed by atoms with Gasteiger partial charge in [-0.3, -0.25) is 0 Å². The Morgan fingerprint density at radius 2 is 0.583 bits per heavy atom. The minimum Gasteiger partial charge on any atom is -0.406 e. The first kappa shape index (κ1) is 39.8. The summed E-state index contributed by atoms with van der Waals surface area (Å²) in [6.07, 6.45) is 0. The van der Waals surface area contributed by atoms with Gasteiger partial charge in [0, 0.05) is 32.9 Å². The lowest BCUT2D eigenvalue weighted by Crippen LogP contribution is -2.49. The van der Waals surface area contributed by atoms with Crippen molar-refractivity contribution >= 4 is 108 Å². The Balaban J connectivity index is 1.37. The molecule has 0 aromatic heterocycles. The third kappa shape index (κ3) is 7.21. The number of benzene rings is 9. The van der Waals surface area contributed by atoms with Crippen molar-refractivity contribution in [2.24, 2.45) is 9.32 Å². The fourth-order valence-electron chi connectivity index (χ4n) is 9.20. The molecule has 0 aliphatic carbocycles. The fraction of sp³-hybridized carbons (Fsp3) is 0.154. The van der Waals surface area contributed by atoms with Gasteiger partial charge < -0.3 is 19.3 Å². The van der Waals surface area contributed by atoms with Crippen LogP contribution in [0.5, 0.6) is 0 Å². The van der Waals surface area contributed by atoms with Crippen molar-refractivity contribution in [3.63, 3.8) is 0 Å². The molecule has 9 rings (SSSR count). The van der Waals surface area contributed by atoms with Gasteiger partial charge in [0.1, 0.15) is 0 Å². The molecule has 0 spiro atoms. The summed E-state index contributed by atoms with van der Waals surface area (Å²) >= 11 is 0. The van der Waals surface area contributed by atoms with Crippen LogP contribution in [0.2, 0.25) is 52.4 Å². The van der Waals surface area contributed by atoms with Crippen LogP contribution in [-0.2, 0) is 0 Å². The topological polar surface area (TPSA) is 48.8 Å². The fourth-order valence-corrected chi connectivity index (χ4v) is 17.2. The van der Waals surface area contributed by atoms with Crippen LogP contribution in [-0.4, -0.2) is 32.9 Å². The quantitative estimate of drug-likeness (QED) is 0.0819. The second kappa shape index (κ2) is 15.1. The second-order valence-corrected chi connectivity index (χ2v) is 34.4. The molecule has 60 heavy (non-hydrogen) atoms. The molecule has 0 atom stereocenters. The molecule has 0 saturated heterocycles. The summed E-state index contributed by atoms with van der Waals surface area (Å²) in [5.41, 5.74) is 2.31. The van der Waals surface area contributed by atoms with Gasteiger partial charge in [-0.15, -0.1) is 0 Å². The van der Waals surface area contributed by atoms with E-state index in [1.807, 2.05) is 0 Å². The lowest BCUT2D eigenvalue weighted by molar-refractivity contribution is 1.42. The van der Waals surface area contributed by atoms with Gasteiger partial charge >= 0.3 is 0 Å². The molecule has 0 bridgehead atoms. The zero-order valence-electron chi connectivity index (χ0n) is 36.1. The maximum absolute atomic E-state index is 5.76. The van der Waals surface area contributed by atoms with Crippen LogP contribution in [0.1, 0.15) is 0 Å². The van der Waals surface area contributed by atoms with Crippen molar-refractivity contribution < 1.29 is 0 Å². The van der Waals surface area contributed by atoms with Crippen molar-refractivity contribution in [2.75, 3.05) is 9.96 Å². The molecule has 2 N–H and O–H groups in total. The summed E-state index contributed by atoms with van der Waals surface area (Å²) in [6, 6.07) is 62.4. The summed E-state index contributed by atoms with van der Waals surface area (Å²) in [4.78, 5) is 8.35. The molecule has 8 heteroatoms. The largest absolute Gasteiger partial charge is 0.406 e. The van der Waals surface area contributed by atoms with Crippen molar-refractivity contribution in [1.82, 2.24) is 0 Å². The molecule has 0 aliphatic rings. The van der Waals surface area contributed by atoms with Crippen LogP contribution >= 0.6 is 0 Å². The smallest absolute Gasteiger partial charge is 0.206 e. The molecular formula is C52H54N4Si4. The molecule has 0 radical (unpaired) electrons. The van der Waals surface area contributed by atoms with Crippen molar-refractivity contribution in [3.05, 3.63) is 181 Å². The number of hydrogen-bond donors (Lipinski definition) is 2. The highest BCUT2D eigenvalue weighted by molar-refractivity contribution is 6.93. The Kier molecular flexibility index (Phi) is 10.0. The van der Waals surface area contributed by atoms with Gasteiger partial charge in [-0.25, -0.2) is 0 Å². The average Bonchev–Trinajstić information content (AvgIpc) is 3.25. The zero-order chi connectivity index (χ0) is 41.9. The molecule has 4 nitrogen and oxygen atoms in total. The summed E-state index contributed by atoms with van der Waals surface area (Å²) in [5, 5.41) is 17.5. The highest BCUT2D eigenvalue weighted by Crippen LogP contribution is 2.42. The van der Waals surface area contributed by atoms with Gasteiger partial charge in [0.15, 0.2) is 16.5 Å². The molecule has 0 heterocycles. The summed E-state index contributed by atoms with van der Waals surface area (Å²) in [7, 11) is -8.78. The van der Waals surface area contributed by atoms with Gasteiger partial charge in [0.2, 0.25) is 16.5 Å². The first-order chi connectivity index (χ1) is 28.7.